The van der Waals surface area contributed by atoms with Gasteiger partial charge in [-0.05, 0) is 62.6 Å². The Labute approximate surface area is 189 Å². The molecule has 1 saturated heterocycles. The van der Waals surface area contributed by atoms with Gasteiger partial charge in [-0.15, -0.1) is 0 Å². The Bertz CT molecular complexity index is 1040. The molecule has 1 heterocycles. The number of nitrogens with one attached hydrogen (secondary N) is 2. The highest BCUT2D eigenvalue weighted by atomic mass is 32.2. The molecule has 0 saturated carbocycles. The molecule has 3 rings (SSSR count). The van der Waals surface area contributed by atoms with Crippen LogP contribution in [-0.4, -0.2) is 58.0 Å². The lowest BCUT2D eigenvalue weighted by Gasteiger charge is -2.24. The third-order valence-corrected chi connectivity index (χ3v) is 6.75. The Balaban J connectivity index is 1.64. The van der Waals surface area contributed by atoms with E-state index in [0.717, 1.165) is 12.0 Å². The van der Waals surface area contributed by atoms with Gasteiger partial charge in [-0.1, -0.05) is 17.7 Å². The number of carbonyl (C=O) groups is 2. The average Bonchev–Trinajstić information content (AvgIpc) is 3.27. The van der Waals surface area contributed by atoms with Crippen LogP contribution in [0.15, 0.2) is 53.4 Å². The average molecular weight is 460 g/mol. The highest BCUT2D eigenvalue weighted by molar-refractivity contribution is 7.92. The number of hydrogen-bond acceptors (Lipinski definition) is 5. The number of nitrogens with zero attached hydrogens (tertiary/aromatic N) is 1. The Morgan fingerprint density at radius 2 is 1.78 bits per heavy atom. The highest BCUT2D eigenvalue weighted by Gasteiger charge is 2.34. The minimum atomic E-state index is -3.72. The van der Waals surface area contributed by atoms with Crippen LogP contribution in [0.25, 0.3) is 0 Å². The van der Waals surface area contributed by atoms with E-state index in [1.165, 1.54) is 0 Å². The Morgan fingerprint density at radius 1 is 1.09 bits per heavy atom. The van der Waals surface area contributed by atoms with Crippen molar-refractivity contribution in [3.63, 3.8) is 0 Å². The molecule has 1 fully saturated rings. The number of amides is 2. The number of sulfonamides is 1. The maximum atomic E-state index is 13.0. The van der Waals surface area contributed by atoms with Crippen LogP contribution < -0.4 is 10.0 Å². The minimum absolute atomic E-state index is 0.158. The first-order chi connectivity index (χ1) is 15.3. The van der Waals surface area contributed by atoms with E-state index < -0.39 is 16.1 Å². The number of anilines is 1. The Kier molecular flexibility index (Phi) is 7.87. The van der Waals surface area contributed by atoms with Crippen LogP contribution in [-0.2, 0) is 19.6 Å². The molecule has 0 unspecified atom stereocenters. The van der Waals surface area contributed by atoms with E-state index in [0.29, 0.717) is 43.8 Å². The zero-order valence-corrected chi connectivity index (χ0v) is 19.2. The molecular weight excluding hydrogens is 430 g/mol. The van der Waals surface area contributed by atoms with E-state index in [4.69, 9.17) is 4.74 Å². The van der Waals surface area contributed by atoms with Crippen LogP contribution in [0.4, 0.5) is 5.69 Å². The van der Waals surface area contributed by atoms with Crippen molar-refractivity contribution in [1.29, 1.82) is 0 Å². The van der Waals surface area contributed by atoms with Crippen molar-refractivity contribution in [3.8, 4) is 0 Å². The number of carbonyl (C=O) groups excluding carboxylic acids is 2. The molecule has 32 heavy (non-hydrogen) atoms. The van der Waals surface area contributed by atoms with Crippen molar-refractivity contribution in [2.45, 2.75) is 37.1 Å². The molecule has 2 N–H and O–H groups in total. The third kappa shape index (κ3) is 5.86. The minimum Gasteiger partial charge on any atom is -0.385 e. The maximum absolute atomic E-state index is 13.0. The summed E-state index contributed by atoms with van der Waals surface area (Å²) in [5, 5.41) is 2.86. The molecule has 1 aliphatic rings. The summed E-state index contributed by atoms with van der Waals surface area (Å²) >= 11 is 0. The molecule has 0 aromatic heterocycles. The SMILES string of the molecule is COCCCNC(=O)[C@@H]1CCCN1C(=O)c1ccc(NS(=O)(=O)c2ccc(C)cc2)cc1. The molecule has 2 amide bonds. The molecule has 2 aromatic rings. The number of benzene rings is 2. The summed E-state index contributed by atoms with van der Waals surface area (Å²) < 4.78 is 32.6. The fourth-order valence-electron chi connectivity index (χ4n) is 3.61. The molecule has 1 aliphatic heterocycles. The molecule has 9 heteroatoms. The first-order valence-corrected chi connectivity index (χ1v) is 12.1. The number of aryl methyl sites for hydroxylation is 1. The fraction of sp³-hybridized carbons (Fsp3) is 0.391. The highest BCUT2D eigenvalue weighted by Crippen LogP contribution is 2.22. The summed E-state index contributed by atoms with van der Waals surface area (Å²) in [5.74, 6) is -0.401. The van der Waals surface area contributed by atoms with E-state index in [1.807, 2.05) is 6.92 Å². The second kappa shape index (κ2) is 10.6. The molecule has 0 aliphatic carbocycles. The second-order valence-electron chi connectivity index (χ2n) is 7.79. The summed E-state index contributed by atoms with van der Waals surface area (Å²) in [6.07, 6.45) is 2.09. The molecule has 1 atom stereocenters. The molecular formula is C23H29N3O5S. The lowest BCUT2D eigenvalue weighted by Crippen LogP contribution is -2.46. The van der Waals surface area contributed by atoms with Crippen molar-refractivity contribution in [1.82, 2.24) is 10.2 Å². The quantitative estimate of drug-likeness (QED) is 0.561. The van der Waals surface area contributed by atoms with Gasteiger partial charge in [-0.3, -0.25) is 14.3 Å². The normalized spacial score (nSPS) is 16.1. The van der Waals surface area contributed by atoms with E-state index in [-0.39, 0.29) is 16.7 Å². The molecule has 0 radical (unpaired) electrons. The zero-order valence-electron chi connectivity index (χ0n) is 18.3. The molecule has 8 nitrogen and oxygen atoms in total. The van der Waals surface area contributed by atoms with Crippen molar-refractivity contribution < 1.29 is 22.7 Å². The first-order valence-electron chi connectivity index (χ1n) is 10.6. The summed E-state index contributed by atoms with van der Waals surface area (Å²) in [4.78, 5) is 27.2. The van der Waals surface area contributed by atoms with Crippen LogP contribution in [0.3, 0.4) is 0 Å². The zero-order chi connectivity index (χ0) is 23.1. The molecule has 0 spiro atoms. The molecule has 2 aromatic carbocycles. The fourth-order valence-corrected chi connectivity index (χ4v) is 4.67. The number of methoxy groups -OCH3 is 1. The number of rotatable bonds is 9. The van der Waals surface area contributed by atoms with E-state index in [9.17, 15) is 18.0 Å². The topological polar surface area (TPSA) is 105 Å². The Hall–Kier alpha value is -2.91. The predicted molar refractivity (Wildman–Crippen MR) is 122 cm³/mol. The summed E-state index contributed by atoms with van der Waals surface area (Å²) in [6.45, 7) is 3.46. The summed E-state index contributed by atoms with van der Waals surface area (Å²) in [5.41, 5.74) is 1.73. The van der Waals surface area contributed by atoms with Crippen molar-refractivity contribution in [3.05, 3.63) is 59.7 Å². The van der Waals surface area contributed by atoms with E-state index in [1.54, 1.807) is 60.5 Å². The summed E-state index contributed by atoms with van der Waals surface area (Å²) in [6, 6.07) is 12.3. The number of likely N-dealkylation sites (tertiary alicyclic amines) is 1. The Morgan fingerprint density at radius 3 is 2.44 bits per heavy atom. The van der Waals surface area contributed by atoms with Crippen molar-refractivity contribution in [2.24, 2.45) is 0 Å². The standard InChI is InChI=1S/C23H29N3O5S/c1-17-6-12-20(13-7-17)32(29,30)25-19-10-8-18(9-11-19)23(28)26-15-3-5-21(26)22(27)24-14-4-16-31-2/h6-13,21,25H,3-5,14-16H2,1-2H3,(H,24,27)/t21-/m0/s1. The van der Waals surface area contributed by atoms with E-state index >= 15 is 0 Å². The van der Waals surface area contributed by atoms with Gasteiger partial charge in [0.15, 0.2) is 0 Å². The van der Waals surface area contributed by atoms with Crippen LogP contribution in [0.5, 0.6) is 0 Å². The smallest absolute Gasteiger partial charge is 0.261 e. The number of hydrogen-bond donors (Lipinski definition) is 2. The monoisotopic (exact) mass is 459 g/mol. The van der Waals surface area contributed by atoms with Crippen LogP contribution in [0, 0.1) is 6.92 Å². The van der Waals surface area contributed by atoms with Gasteiger partial charge in [0.05, 0.1) is 4.90 Å². The largest absolute Gasteiger partial charge is 0.385 e. The van der Waals surface area contributed by atoms with Gasteiger partial charge < -0.3 is 15.0 Å². The predicted octanol–water partition coefficient (Wildman–Crippen LogP) is 2.55. The van der Waals surface area contributed by atoms with Gasteiger partial charge in [0.1, 0.15) is 6.04 Å². The van der Waals surface area contributed by atoms with Gasteiger partial charge in [-0.25, -0.2) is 8.42 Å². The van der Waals surface area contributed by atoms with Crippen LogP contribution >= 0.6 is 0 Å². The van der Waals surface area contributed by atoms with Crippen molar-refractivity contribution in [2.75, 3.05) is 31.5 Å². The second-order valence-corrected chi connectivity index (χ2v) is 9.47. The van der Waals surface area contributed by atoms with Crippen LogP contribution in [0.2, 0.25) is 0 Å². The van der Waals surface area contributed by atoms with Crippen LogP contribution in [0.1, 0.15) is 35.2 Å². The molecule has 0 bridgehead atoms. The van der Waals surface area contributed by atoms with Gasteiger partial charge in [0.2, 0.25) is 5.91 Å². The number of ether oxygens (including phenoxy) is 1. The van der Waals surface area contributed by atoms with Crippen molar-refractivity contribution >= 4 is 27.5 Å². The van der Waals surface area contributed by atoms with Gasteiger partial charge in [0, 0.05) is 38.1 Å². The van der Waals surface area contributed by atoms with Gasteiger partial charge in [0.25, 0.3) is 15.9 Å². The first kappa shape index (κ1) is 23.7. The van der Waals surface area contributed by atoms with Gasteiger partial charge >= 0.3 is 0 Å². The summed E-state index contributed by atoms with van der Waals surface area (Å²) in [7, 11) is -2.11. The lowest BCUT2D eigenvalue weighted by molar-refractivity contribution is -0.124. The lowest BCUT2D eigenvalue weighted by atomic mass is 10.1. The van der Waals surface area contributed by atoms with Gasteiger partial charge in [-0.2, -0.15) is 0 Å². The van der Waals surface area contributed by atoms with E-state index in [2.05, 4.69) is 10.0 Å². The molecule has 172 valence electrons. The third-order valence-electron chi connectivity index (χ3n) is 5.36. The maximum Gasteiger partial charge on any atom is 0.261 e.